The maximum Gasteiger partial charge on any atom is 0.204 e. The molecular formula is C16H25NO3. The monoisotopic (exact) mass is 279 g/mol. The van der Waals surface area contributed by atoms with E-state index < -0.39 is 0 Å². The van der Waals surface area contributed by atoms with E-state index in [-0.39, 0.29) is 5.60 Å². The molecule has 1 aromatic rings. The average molecular weight is 279 g/mol. The van der Waals surface area contributed by atoms with Crippen molar-refractivity contribution in [3.8, 4) is 17.2 Å². The van der Waals surface area contributed by atoms with Crippen LogP contribution in [0.25, 0.3) is 0 Å². The number of benzene rings is 1. The molecule has 1 aliphatic carbocycles. The number of para-hydroxylation sites is 1. The normalized spacial score (nSPS) is 16.4. The molecule has 0 heterocycles. The molecular weight excluding hydrogens is 254 g/mol. The molecule has 0 atom stereocenters. The van der Waals surface area contributed by atoms with E-state index in [0.717, 1.165) is 49.6 Å². The molecule has 1 saturated carbocycles. The zero-order chi connectivity index (χ0) is 14.4. The standard InChI is InChI=1S/C16H25NO3/c1-4-17-12-11-16(9-6-10-16)20-15-13(18-2)7-5-8-14(15)19-3/h5,7-8,17H,4,6,9-12H2,1-3H3. The van der Waals surface area contributed by atoms with Gasteiger partial charge >= 0.3 is 0 Å². The third-order valence-corrected chi connectivity index (χ3v) is 3.97. The SMILES string of the molecule is CCNCCC1(Oc2c(OC)cccc2OC)CCC1. The van der Waals surface area contributed by atoms with E-state index in [1.165, 1.54) is 6.42 Å². The largest absolute Gasteiger partial charge is 0.493 e. The Bertz CT molecular complexity index is 407. The molecule has 20 heavy (non-hydrogen) atoms. The van der Waals surface area contributed by atoms with Crippen LogP contribution in [-0.4, -0.2) is 32.9 Å². The molecule has 0 amide bonds. The second kappa shape index (κ2) is 6.84. The van der Waals surface area contributed by atoms with Crippen molar-refractivity contribution in [2.45, 2.75) is 38.2 Å². The number of rotatable bonds is 8. The lowest BCUT2D eigenvalue weighted by atomic mass is 9.77. The average Bonchev–Trinajstić information content (AvgIpc) is 2.44. The van der Waals surface area contributed by atoms with Crippen LogP contribution in [0.3, 0.4) is 0 Å². The van der Waals surface area contributed by atoms with Crippen LogP contribution in [0.5, 0.6) is 17.2 Å². The molecule has 112 valence electrons. The van der Waals surface area contributed by atoms with Crippen molar-refractivity contribution in [3.63, 3.8) is 0 Å². The Labute approximate surface area is 121 Å². The third kappa shape index (κ3) is 3.18. The molecule has 0 aliphatic heterocycles. The Morgan fingerprint density at radius 1 is 1.15 bits per heavy atom. The van der Waals surface area contributed by atoms with Gasteiger partial charge in [0.05, 0.1) is 14.2 Å². The minimum absolute atomic E-state index is 0.0654. The summed E-state index contributed by atoms with van der Waals surface area (Å²) in [6, 6.07) is 5.74. The zero-order valence-corrected chi connectivity index (χ0v) is 12.7. The predicted molar refractivity (Wildman–Crippen MR) is 79.9 cm³/mol. The first-order valence-electron chi connectivity index (χ1n) is 7.35. The van der Waals surface area contributed by atoms with Crippen molar-refractivity contribution >= 4 is 0 Å². The van der Waals surface area contributed by atoms with Crippen LogP contribution < -0.4 is 19.5 Å². The van der Waals surface area contributed by atoms with Gasteiger partial charge in [-0.1, -0.05) is 13.0 Å². The van der Waals surface area contributed by atoms with E-state index in [1.54, 1.807) is 14.2 Å². The zero-order valence-electron chi connectivity index (χ0n) is 12.7. The number of hydrogen-bond acceptors (Lipinski definition) is 4. The molecule has 0 spiro atoms. The van der Waals surface area contributed by atoms with Gasteiger partial charge < -0.3 is 19.5 Å². The van der Waals surface area contributed by atoms with Gasteiger partial charge in [-0.05, 0) is 50.9 Å². The topological polar surface area (TPSA) is 39.7 Å². The summed E-state index contributed by atoms with van der Waals surface area (Å²) in [5.41, 5.74) is -0.0654. The van der Waals surface area contributed by atoms with Crippen molar-refractivity contribution < 1.29 is 14.2 Å². The predicted octanol–water partition coefficient (Wildman–Crippen LogP) is 3.00. The molecule has 1 aliphatic rings. The van der Waals surface area contributed by atoms with Gasteiger partial charge in [0, 0.05) is 0 Å². The quantitative estimate of drug-likeness (QED) is 0.743. The Kier molecular flexibility index (Phi) is 5.12. The minimum atomic E-state index is -0.0654. The van der Waals surface area contributed by atoms with Gasteiger partial charge in [-0.3, -0.25) is 0 Å². The van der Waals surface area contributed by atoms with Crippen molar-refractivity contribution in [2.24, 2.45) is 0 Å². The first-order valence-corrected chi connectivity index (χ1v) is 7.35. The Hall–Kier alpha value is -1.42. The molecule has 1 aromatic carbocycles. The second-order valence-electron chi connectivity index (χ2n) is 5.23. The fourth-order valence-corrected chi connectivity index (χ4v) is 2.60. The van der Waals surface area contributed by atoms with Crippen molar-refractivity contribution in [3.05, 3.63) is 18.2 Å². The first kappa shape index (κ1) is 15.0. The van der Waals surface area contributed by atoms with Gasteiger partial charge in [-0.15, -0.1) is 0 Å². The number of methoxy groups -OCH3 is 2. The molecule has 1 fully saturated rings. The summed E-state index contributed by atoms with van der Waals surface area (Å²) < 4.78 is 17.2. The van der Waals surface area contributed by atoms with Crippen molar-refractivity contribution in [1.29, 1.82) is 0 Å². The first-order chi connectivity index (χ1) is 9.74. The fourth-order valence-electron chi connectivity index (χ4n) is 2.60. The Balaban J connectivity index is 2.14. The van der Waals surface area contributed by atoms with E-state index in [2.05, 4.69) is 12.2 Å². The Morgan fingerprint density at radius 2 is 1.80 bits per heavy atom. The van der Waals surface area contributed by atoms with Crippen LogP contribution in [0.15, 0.2) is 18.2 Å². The van der Waals surface area contributed by atoms with E-state index in [9.17, 15) is 0 Å². The van der Waals surface area contributed by atoms with Gasteiger partial charge in [0.2, 0.25) is 5.75 Å². The van der Waals surface area contributed by atoms with E-state index in [1.807, 2.05) is 18.2 Å². The van der Waals surface area contributed by atoms with Gasteiger partial charge in [-0.25, -0.2) is 0 Å². The lowest BCUT2D eigenvalue weighted by Gasteiger charge is -2.42. The number of hydrogen-bond donors (Lipinski definition) is 1. The minimum Gasteiger partial charge on any atom is -0.493 e. The highest BCUT2D eigenvalue weighted by molar-refractivity contribution is 5.51. The molecule has 4 nitrogen and oxygen atoms in total. The number of nitrogens with one attached hydrogen (secondary N) is 1. The highest BCUT2D eigenvalue weighted by Gasteiger charge is 2.40. The summed E-state index contributed by atoms with van der Waals surface area (Å²) in [5.74, 6) is 2.20. The molecule has 0 unspecified atom stereocenters. The van der Waals surface area contributed by atoms with Gasteiger partial charge in [-0.2, -0.15) is 0 Å². The summed E-state index contributed by atoms with van der Waals surface area (Å²) in [6.45, 7) is 4.10. The number of ether oxygens (including phenoxy) is 3. The summed E-state index contributed by atoms with van der Waals surface area (Å²) >= 11 is 0. The maximum absolute atomic E-state index is 6.34. The van der Waals surface area contributed by atoms with Crippen LogP contribution in [0.1, 0.15) is 32.6 Å². The summed E-state index contributed by atoms with van der Waals surface area (Å²) in [6.07, 6.45) is 4.44. The van der Waals surface area contributed by atoms with E-state index in [0.29, 0.717) is 0 Å². The van der Waals surface area contributed by atoms with Crippen LogP contribution in [0.4, 0.5) is 0 Å². The lowest BCUT2D eigenvalue weighted by molar-refractivity contribution is -0.0177. The third-order valence-electron chi connectivity index (χ3n) is 3.97. The summed E-state index contributed by atoms with van der Waals surface area (Å²) in [7, 11) is 3.32. The molecule has 0 radical (unpaired) electrons. The van der Waals surface area contributed by atoms with Gasteiger partial charge in [0.15, 0.2) is 11.5 Å². The lowest BCUT2D eigenvalue weighted by Crippen LogP contribution is -2.45. The molecule has 0 aromatic heterocycles. The molecule has 4 heteroatoms. The maximum atomic E-state index is 6.34. The summed E-state index contributed by atoms with van der Waals surface area (Å²) in [4.78, 5) is 0. The van der Waals surface area contributed by atoms with Crippen LogP contribution in [0, 0.1) is 0 Å². The molecule has 0 bridgehead atoms. The highest BCUT2D eigenvalue weighted by atomic mass is 16.6. The van der Waals surface area contributed by atoms with Crippen LogP contribution in [-0.2, 0) is 0 Å². The Morgan fingerprint density at radius 3 is 2.25 bits per heavy atom. The highest BCUT2D eigenvalue weighted by Crippen LogP contribution is 2.45. The second-order valence-corrected chi connectivity index (χ2v) is 5.23. The van der Waals surface area contributed by atoms with E-state index in [4.69, 9.17) is 14.2 Å². The van der Waals surface area contributed by atoms with Crippen molar-refractivity contribution in [1.82, 2.24) is 5.32 Å². The smallest absolute Gasteiger partial charge is 0.204 e. The van der Waals surface area contributed by atoms with Gasteiger partial charge in [0.1, 0.15) is 5.60 Å². The van der Waals surface area contributed by atoms with Crippen LogP contribution in [0.2, 0.25) is 0 Å². The van der Waals surface area contributed by atoms with Crippen molar-refractivity contribution in [2.75, 3.05) is 27.3 Å². The molecule has 0 saturated heterocycles. The van der Waals surface area contributed by atoms with Gasteiger partial charge in [0.25, 0.3) is 0 Å². The summed E-state index contributed by atoms with van der Waals surface area (Å²) in [5, 5.41) is 3.37. The molecule has 1 N–H and O–H groups in total. The van der Waals surface area contributed by atoms with E-state index >= 15 is 0 Å². The fraction of sp³-hybridized carbons (Fsp3) is 0.625. The molecule has 2 rings (SSSR count). The van der Waals surface area contributed by atoms with Crippen LogP contribution >= 0.6 is 0 Å².